The minimum absolute atomic E-state index is 0.234. The monoisotopic (exact) mass is 178 g/mol. The van der Waals surface area contributed by atoms with Gasteiger partial charge in [-0.2, -0.15) is 5.10 Å². The van der Waals surface area contributed by atoms with Crippen LogP contribution in [0.15, 0.2) is 24.5 Å². The predicted molar refractivity (Wildman–Crippen MR) is 42.2 cm³/mol. The van der Waals surface area contributed by atoms with Crippen LogP contribution in [0, 0.1) is 0 Å². The molecule has 2 N–H and O–H groups in total. The van der Waals surface area contributed by atoms with Crippen LogP contribution in [-0.4, -0.2) is 25.7 Å². The molecule has 0 atom stereocenters. The molecule has 6 nitrogen and oxygen atoms in total. The average Bonchev–Trinajstić information content (AvgIpc) is 2.63. The molecule has 0 saturated carbocycles. The number of amides is 1. The quantitative estimate of drug-likeness (QED) is 0.470. The van der Waals surface area contributed by atoms with Gasteiger partial charge in [-0.1, -0.05) is 6.07 Å². The van der Waals surface area contributed by atoms with E-state index in [-0.39, 0.29) is 5.69 Å². The third-order valence-electron chi connectivity index (χ3n) is 1.64. The van der Waals surface area contributed by atoms with E-state index in [1.54, 1.807) is 12.1 Å². The number of nitrogens with one attached hydrogen (secondary N) is 1. The van der Waals surface area contributed by atoms with Crippen molar-refractivity contribution in [1.29, 1.82) is 0 Å². The van der Waals surface area contributed by atoms with Crippen molar-refractivity contribution in [3.8, 4) is 0 Å². The molecule has 0 saturated heterocycles. The summed E-state index contributed by atoms with van der Waals surface area (Å²) in [4.78, 5) is 15.0. The second kappa shape index (κ2) is 2.83. The lowest BCUT2D eigenvalue weighted by atomic mass is 10.3. The van der Waals surface area contributed by atoms with Gasteiger partial charge in [0.15, 0.2) is 5.65 Å². The maximum atomic E-state index is 11.1. The van der Waals surface area contributed by atoms with Gasteiger partial charge in [-0.25, -0.2) is 15.0 Å². The van der Waals surface area contributed by atoms with Crippen LogP contribution >= 0.6 is 0 Å². The molecule has 0 radical (unpaired) electrons. The first kappa shape index (κ1) is 7.69. The highest BCUT2D eigenvalue weighted by Gasteiger charge is 2.08. The second-order valence-corrected chi connectivity index (χ2v) is 2.38. The molecule has 0 spiro atoms. The van der Waals surface area contributed by atoms with Gasteiger partial charge in [-0.15, -0.1) is 0 Å². The number of hydroxylamine groups is 1. The summed E-state index contributed by atoms with van der Waals surface area (Å²) in [7, 11) is 0. The Hall–Kier alpha value is -1.95. The summed E-state index contributed by atoms with van der Waals surface area (Å²) < 4.78 is 1.34. The topological polar surface area (TPSA) is 79.5 Å². The zero-order valence-corrected chi connectivity index (χ0v) is 6.51. The molecule has 0 aliphatic carbocycles. The third kappa shape index (κ3) is 1.13. The number of pyridine rings is 1. The van der Waals surface area contributed by atoms with Gasteiger partial charge in [0.05, 0.1) is 0 Å². The molecule has 0 fully saturated rings. The van der Waals surface area contributed by atoms with E-state index >= 15 is 0 Å². The lowest BCUT2D eigenvalue weighted by molar-refractivity contribution is 0.0698. The molecule has 2 aromatic rings. The van der Waals surface area contributed by atoms with Crippen molar-refractivity contribution in [2.75, 3.05) is 0 Å². The number of fused-ring (bicyclic) bond motifs is 1. The fourth-order valence-electron chi connectivity index (χ4n) is 1.07. The molecule has 0 aliphatic rings. The van der Waals surface area contributed by atoms with E-state index in [0.717, 1.165) is 0 Å². The van der Waals surface area contributed by atoms with Crippen molar-refractivity contribution in [1.82, 2.24) is 20.1 Å². The van der Waals surface area contributed by atoms with E-state index in [1.807, 2.05) is 0 Å². The lowest BCUT2D eigenvalue weighted by Crippen LogP contribution is -2.21. The maximum Gasteiger partial charge on any atom is 0.293 e. The minimum atomic E-state index is -0.615. The van der Waals surface area contributed by atoms with Gasteiger partial charge in [0, 0.05) is 0 Å². The normalized spacial score (nSPS) is 10.2. The first-order valence-electron chi connectivity index (χ1n) is 3.56. The van der Waals surface area contributed by atoms with Crippen molar-refractivity contribution in [3.05, 3.63) is 30.2 Å². The number of hydrogen-bond donors (Lipinski definition) is 2. The van der Waals surface area contributed by atoms with Crippen LogP contribution in [0.4, 0.5) is 0 Å². The fraction of sp³-hybridized carbons (Fsp3) is 0. The molecular weight excluding hydrogens is 172 g/mol. The molecule has 0 unspecified atom stereocenters. The van der Waals surface area contributed by atoms with Gasteiger partial charge in [0.2, 0.25) is 0 Å². The summed E-state index contributed by atoms with van der Waals surface area (Å²) in [5, 5.41) is 12.2. The number of aromatic nitrogens is 3. The van der Waals surface area contributed by atoms with Crippen LogP contribution < -0.4 is 5.48 Å². The molecule has 0 aliphatic heterocycles. The van der Waals surface area contributed by atoms with Gasteiger partial charge in [-0.3, -0.25) is 10.0 Å². The van der Waals surface area contributed by atoms with E-state index < -0.39 is 5.91 Å². The number of hydrogen-bond acceptors (Lipinski definition) is 4. The van der Waals surface area contributed by atoms with Crippen LogP contribution in [0.25, 0.3) is 5.65 Å². The van der Waals surface area contributed by atoms with E-state index in [9.17, 15) is 4.79 Å². The van der Waals surface area contributed by atoms with Gasteiger partial charge in [0.25, 0.3) is 5.91 Å². The fourth-order valence-corrected chi connectivity index (χ4v) is 1.07. The number of carbonyl (C=O) groups is 1. The Morgan fingerprint density at radius 1 is 1.54 bits per heavy atom. The highest BCUT2D eigenvalue weighted by atomic mass is 16.5. The highest BCUT2D eigenvalue weighted by Crippen LogP contribution is 2.02. The van der Waals surface area contributed by atoms with Crippen LogP contribution in [-0.2, 0) is 0 Å². The van der Waals surface area contributed by atoms with Crippen molar-refractivity contribution in [3.63, 3.8) is 0 Å². The van der Waals surface area contributed by atoms with E-state index in [0.29, 0.717) is 5.65 Å². The molecule has 13 heavy (non-hydrogen) atoms. The van der Waals surface area contributed by atoms with Gasteiger partial charge < -0.3 is 0 Å². The standard InChI is InChI=1S/C7H6N4O2/c12-7(10-13)5-2-1-3-6-8-4-9-11(5)6/h1-4,13H,(H,10,12). The molecule has 0 bridgehead atoms. The number of rotatable bonds is 1. The minimum Gasteiger partial charge on any atom is -0.288 e. The van der Waals surface area contributed by atoms with Gasteiger partial charge in [0.1, 0.15) is 12.0 Å². The van der Waals surface area contributed by atoms with Crippen LogP contribution in [0.2, 0.25) is 0 Å². The van der Waals surface area contributed by atoms with Crippen molar-refractivity contribution >= 4 is 11.6 Å². The molecular formula is C7H6N4O2. The molecule has 1 amide bonds. The van der Waals surface area contributed by atoms with Crippen molar-refractivity contribution in [2.45, 2.75) is 0 Å². The van der Waals surface area contributed by atoms with Crippen LogP contribution in [0.3, 0.4) is 0 Å². The average molecular weight is 178 g/mol. The summed E-state index contributed by atoms with van der Waals surface area (Å²) in [6.07, 6.45) is 1.34. The molecule has 6 heteroatoms. The SMILES string of the molecule is O=C(NO)c1cccc2ncnn12. The summed E-state index contributed by atoms with van der Waals surface area (Å²) >= 11 is 0. The predicted octanol–water partition coefficient (Wildman–Crippen LogP) is -0.152. The summed E-state index contributed by atoms with van der Waals surface area (Å²) in [6.45, 7) is 0. The largest absolute Gasteiger partial charge is 0.293 e. The summed E-state index contributed by atoms with van der Waals surface area (Å²) in [5.41, 5.74) is 2.33. The molecule has 2 rings (SSSR count). The van der Waals surface area contributed by atoms with E-state index in [4.69, 9.17) is 5.21 Å². The van der Waals surface area contributed by atoms with Gasteiger partial charge in [-0.05, 0) is 12.1 Å². The summed E-state index contributed by atoms with van der Waals surface area (Å²) in [5.74, 6) is -0.615. The summed E-state index contributed by atoms with van der Waals surface area (Å²) in [6, 6.07) is 4.91. The van der Waals surface area contributed by atoms with E-state index in [1.165, 1.54) is 22.4 Å². The Labute approximate surface area is 72.8 Å². The van der Waals surface area contributed by atoms with Crippen molar-refractivity contribution in [2.24, 2.45) is 0 Å². The number of carbonyl (C=O) groups excluding carboxylic acids is 1. The Balaban J connectivity index is 2.67. The van der Waals surface area contributed by atoms with Crippen LogP contribution in [0.1, 0.15) is 10.5 Å². The molecule has 2 aromatic heterocycles. The zero-order valence-electron chi connectivity index (χ0n) is 6.51. The Kier molecular flexibility index (Phi) is 1.67. The Morgan fingerprint density at radius 2 is 2.38 bits per heavy atom. The number of nitrogens with zero attached hydrogens (tertiary/aromatic N) is 3. The smallest absolute Gasteiger partial charge is 0.288 e. The third-order valence-corrected chi connectivity index (χ3v) is 1.64. The van der Waals surface area contributed by atoms with E-state index in [2.05, 4.69) is 10.1 Å². The van der Waals surface area contributed by atoms with Crippen molar-refractivity contribution < 1.29 is 10.0 Å². The maximum absolute atomic E-state index is 11.1. The first-order valence-corrected chi connectivity index (χ1v) is 3.56. The highest BCUT2D eigenvalue weighted by molar-refractivity contribution is 5.92. The first-order chi connectivity index (χ1) is 6.33. The zero-order chi connectivity index (χ0) is 9.26. The second-order valence-electron chi connectivity index (χ2n) is 2.38. The lowest BCUT2D eigenvalue weighted by Gasteiger charge is -1.99. The van der Waals surface area contributed by atoms with Gasteiger partial charge >= 0.3 is 0 Å². The molecule has 0 aromatic carbocycles. The molecule has 66 valence electrons. The molecule has 2 heterocycles. The Bertz CT molecular complexity index is 450. The Morgan fingerprint density at radius 3 is 3.15 bits per heavy atom. The van der Waals surface area contributed by atoms with Crippen LogP contribution in [0.5, 0.6) is 0 Å².